The van der Waals surface area contributed by atoms with E-state index in [0.29, 0.717) is 22.9 Å². The van der Waals surface area contributed by atoms with Gasteiger partial charge in [0.15, 0.2) is 0 Å². The molecule has 1 atom stereocenters. The number of halogens is 1. The van der Waals surface area contributed by atoms with Crippen LogP contribution in [0.15, 0.2) is 18.2 Å². The van der Waals surface area contributed by atoms with Crippen molar-refractivity contribution in [3.63, 3.8) is 0 Å². The van der Waals surface area contributed by atoms with Crippen LogP contribution < -0.4 is 0 Å². The molecule has 0 bridgehead atoms. The Hall–Kier alpha value is -1.62. The number of alkyl halides is 1. The molecule has 1 fully saturated rings. The molecule has 108 valence electrons. The molecule has 0 radical (unpaired) electrons. The number of rotatable bonds is 4. The van der Waals surface area contributed by atoms with E-state index in [0.717, 1.165) is 25.9 Å². The van der Waals surface area contributed by atoms with Crippen LogP contribution in [0, 0.1) is 23.0 Å². The van der Waals surface area contributed by atoms with Crippen LogP contribution in [0.25, 0.3) is 0 Å². The fourth-order valence-electron chi connectivity index (χ4n) is 2.58. The SMILES string of the molecule is Cc1cc([N+](=O)[O-])ccc1C(=O)N1CCC(CCCl)C1. The fourth-order valence-corrected chi connectivity index (χ4v) is 2.89. The maximum Gasteiger partial charge on any atom is 0.269 e. The van der Waals surface area contributed by atoms with E-state index in [9.17, 15) is 14.9 Å². The molecule has 0 spiro atoms. The second kappa shape index (κ2) is 6.22. The van der Waals surface area contributed by atoms with Crippen LogP contribution in [0.1, 0.15) is 28.8 Å². The van der Waals surface area contributed by atoms with Gasteiger partial charge in [-0.2, -0.15) is 0 Å². The van der Waals surface area contributed by atoms with Crippen molar-refractivity contribution in [2.45, 2.75) is 19.8 Å². The number of hydrogen-bond acceptors (Lipinski definition) is 3. The third-order valence-electron chi connectivity index (χ3n) is 3.74. The third-order valence-corrected chi connectivity index (χ3v) is 3.96. The average molecular weight is 297 g/mol. The minimum Gasteiger partial charge on any atom is -0.338 e. The van der Waals surface area contributed by atoms with Crippen LogP contribution in [0.2, 0.25) is 0 Å². The third kappa shape index (κ3) is 3.10. The molecule has 1 amide bonds. The van der Waals surface area contributed by atoms with E-state index in [1.54, 1.807) is 13.0 Å². The first kappa shape index (κ1) is 14.8. The maximum atomic E-state index is 12.4. The number of carbonyl (C=O) groups excluding carboxylic acids is 1. The summed E-state index contributed by atoms with van der Waals surface area (Å²) >= 11 is 5.73. The summed E-state index contributed by atoms with van der Waals surface area (Å²) in [7, 11) is 0. The average Bonchev–Trinajstić information content (AvgIpc) is 2.87. The first-order valence-corrected chi connectivity index (χ1v) is 7.16. The molecular formula is C14H17ClN2O3. The van der Waals surface area contributed by atoms with Crippen LogP contribution >= 0.6 is 11.6 Å². The van der Waals surface area contributed by atoms with Gasteiger partial charge in [0.1, 0.15) is 0 Å². The molecule has 1 unspecified atom stereocenters. The lowest BCUT2D eigenvalue weighted by Gasteiger charge is -2.17. The van der Waals surface area contributed by atoms with Gasteiger partial charge in [-0.15, -0.1) is 11.6 Å². The number of nitrogens with zero attached hydrogens (tertiary/aromatic N) is 2. The van der Waals surface area contributed by atoms with Gasteiger partial charge in [-0.3, -0.25) is 14.9 Å². The molecule has 2 rings (SSSR count). The van der Waals surface area contributed by atoms with Crippen molar-refractivity contribution in [1.29, 1.82) is 0 Å². The van der Waals surface area contributed by atoms with Gasteiger partial charge in [0.25, 0.3) is 11.6 Å². The summed E-state index contributed by atoms with van der Waals surface area (Å²) in [5.41, 5.74) is 1.20. The van der Waals surface area contributed by atoms with E-state index in [-0.39, 0.29) is 11.6 Å². The van der Waals surface area contributed by atoms with Gasteiger partial charge in [0, 0.05) is 36.7 Å². The van der Waals surface area contributed by atoms with Crippen molar-refractivity contribution in [1.82, 2.24) is 4.90 Å². The summed E-state index contributed by atoms with van der Waals surface area (Å²) in [5, 5.41) is 10.7. The molecule has 1 aromatic rings. The minimum absolute atomic E-state index is 0.0143. The summed E-state index contributed by atoms with van der Waals surface area (Å²) in [5.74, 6) is 1.03. The van der Waals surface area contributed by atoms with Gasteiger partial charge in [0.2, 0.25) is 0 Å². The number of carbonyl (C=O) groups is 1. The lowest BCUT2D eigenvalue weighted by Crippen LogP contribution is -2.29. The largest absolute Gasteiger partial charge is 0.338 e. The monoisotopic (exact) mass is 296 g/mol. The Morgan fingerprint density at radius 1 is 1.55 bits per heavy atom. The molecule has 6 heteroatoms. The Morgan fingerprint density at radius 3 is 2.90 bits per heavy atom. The molecule has 1 aromatic carbocycles. The van der Waals surface area contributed by atoms with Gasteiger partial charge >= 0.3 is 0 Å². The van der Waals surface area contributed by atoms with Crippen molar-refractivity contribution in [3.8, 4) is 0 Å². The predicted octanol–water partition coefficient (Wildman–Crippen LogP) is 2.99. The summed E-state index contributed by atoms with van der Waals surface area (Å²) in [4.78, 5) is 24.5. The Kier molecular flexibility index (Phi) is 4.60. The number of amides is 1. The molecule has 1 heterocycles. The standard InChI is InChI=1S/C14H17ClN2O3/c1-10-8-12(17(19)20)2-3-13(10)14(18)16-7-5-11(9-16)4-6-15/h2-3,8,11H,4-7,9H2,1H3. The molecule has 1 aliphatic rings. The van der Waals surface area contributed by atoms with E-state index in [2.05, 4.69) is 0 Å². The van der Waals surface area contributed by atoms with Crippen molar-refractivity contribution in [2.75, 3.05) is 19.0 Å². The van der Waals surface area contributed by atoms with Crippen LogP contribution in [0.3, 0.4) is 0 Å². The highest BCUT2D eigenvalue weighted by Gasteiger charge is 2.27. The topological polar surface area (TPSA) is 63.5 Å². The van der Waals surface area contributed by atoms with Crippen LogP contribution in [-0.2, 0) is 0 Å². The number of likely N-dealkylation sites (tertiary alicyclic amines) is 1. The Morgan fingerprint density at radius 2 is 2.30 bits per heavy atom. The van der Waals surface area contributed by atoms with E-state index in [1.807, 2.05) is 4.90 Å². The van der Waals surface area contributed by atoms with Crippen molar-refractivity contribution in [2.24, 2.45) is 5.92 Å². The van der Waals surface area contributed by atoms with E-state index >= 15 is 0 Å². The number of hydrogen-bond donors (Lipinski definition) is 0. The first-order chi connectivity index (χ1) is 9.52. The molecule has 1 aliphatic heterocycles. The number of nitro groups is 1. The zero-order chi connectivity index (χ0) is 14.7. The smallest absolute Gasteiger partial charge is 0.269 e. The van der Waals surface area contributed by atoms with Gasteiger partial charge < -0.3 is 4.90 Å². The molecule has 0 aromatic heterocycles. The molecule has 5 nitrogen and oxygen atoms in total. The first-order valence-electron chi connectivity index (χ1n) is 6.63. The Labute approximate surface area is 122 Å². The maximum absolute atomic E-state index is 12.4. The van der Waals surface area contributed by atoms with Gasteiger partial charge in [-0.1, -0.05) is 0 Å². The number of benzene rings is 1. The predicted molar refractivity (Wildman–Crippen MR) is 77.2 cm³/mol. The molecule has 20 heavy (non-hydrogen) atoms. The van der Waals surface area contributed by atoms with Crippen LogP contribution in [-0.4, -0.2) is 34.7 Å². The summed E-state index contributed by atoms with van der Waals surface area (Å²) < 4.78 is 0. The lowest BCUT2D eigenvalue weighted by atomic mass is 10.1. The van der Waals surface area contributed by atoms with Gasteiger partial charge in [-0.05, 0) is 37.3 Å². The normalized spacial score (nSPS) is 18.3. The van der Waals surface area contributed by atoms with Gasteiger partial charge in [0.05, 0.1) is 4.92 Å². The lowest BCUT2D eigenvalue weighted by molar-refractivity contribution is -0.384. The second-order valence-corrected chi connectivity index (χ2v) is 5.52. The molecule has 0 aliphatic carbocycles. The Bertz CT molecular complexity index is 533. The number of aryl methyl sites for hydroxylation is 1. The van der Waals surface area contributed by atoms with Crippen molar-refractivity contribution in [3.05, 3.63) is 39.4 Å². The molecule has 0 saturated carbocycles. The molecule has 0 N–H and O–H groups in total. The zero-order valence-corrected chi connectivity index (χ0v) is 12.1. The van der Waals surface area contributed by atoms with Crippen LogP contribution in [0.4, 0.5) is 5.69 Å². The fraction of sp³-hybridized carbons (Fsp3) is 0.500. The van der Waals surface area contributed by atoms with Gasteiger partial charge in [-0.25, -0.2) is 0 Å². The highest BCUT2D eigenvalue weighted by atomic mass is 35.5. The second-order valence-electron chi connectivity index (χ2n) is 5.14. The molecular weight excluding hydrogens is 280 g/mol. The van der Waals surface area contributed by atoms with E-state index in [4.69, 9.17) is 11.6 Å². The quantitative estimate of drug-likeness (QED) is 0.487. The number of non-ortho nitro benzene ring substituents is 1. The van der Waals surface area contributed by atoms with E-state index < -0.39 is 4.92 Å². The molecule has 1 saturated heterocycles. The van der Waals surface area contributed by atoms with Crippen molar-refractivity contribution < 1.29 is 9.72 Å². The summed E-state index contributed by atoms with van der Waals surface area (Å²) in [6, 6.07) is 4.37. The Balaban J connectivity index is 2.12. The highest BCUT2D eigenvalue weighted by Crippen LogP contribution is 2.24. The summed E-state index contributed by atoms with van der Waals surface area (Å²) in [6.45, 7) is 3.19. The number of nitro benzene ring substituents is 1. The van der Waals surface area contributed by atoms with Crippen LogP contribution in [0.5, 0.6) is 0 Å². The minimum atomic E-state index is -0.451. The highest BCUT2D eigenvalue weighted by molar-refractivity contribution is 6.17. The zero-order valence-electron chi connectivity index (χ0n) is 11.3. The van der Waals surface area contributed by atoms with E-state index in [1.165, 1.54) is 12.1 Å². The summed E-state index contributed by atoms with van der Waals surface area (Å²) in [6.07, 6.45) is 1.90. The van der Waals surface area contributed by atoms with Crippen molar-refractivity contribution >= 4 is 23.2 Å².